The lowest BCUT2D eigenvalue weighted by atomic mass is 9.97. The number of aliphatic hydroxyl groups excluding tert-OH is 1. The van der Waals surface area contributed by atoms with Crippen molar-refractivity contribution in [1.82, 2.24) is 0 Å². The molecule has 0 heterocycles. The van der Waals surface area contributed by atoms with Gasteiger partial charge < -0.3 is 20.3 Å². The highest BCUT2D eigenvalue weighted by molar-refractivity contribution is 5.49. The first kappa shape index (κ1) is 14.7. The number of hydrogen-bond donors (Lipinski definition) is 2. The maximum absolute atomic E-state index is 13.5. The molecular formula is C12H17F2NO3. The van der Waals surface area contributed by atoms with E-state index >= 15 is 0 Å². The number of ether oxygens (including phenoxy) is 2. The molecule has 3 N–H and O–H groups in total. The molecule has 1 unspecified atom stereocenters. The van der Waals surface area contributed by atoms with Gasteiger partial charge in [0.25, 0.3) is 5.92 Å². The van der Waals surface area contributed by atoms with Crippen molar-refractivity contribution >= 4 is 0 Å². The van der Waals surface area contributed by atoms with Gasteiger partial charge in [0.2, 0.25) is 0 Å². The minimum atomic E-state index is -3.11. The van der Waals surface area contributed by atoms with E-state index in [9.17, 15) is 13.9 Å². The molecule has 4 nitrogen and oxygen atoms in total. The average Bonchev–Trinajstić information content (AvgIpc) is 2.34. The Labute approximate surface area is 104 Å². The summed E-state index contributed by atoms with van der Waals surface area (Å²) in [6.07, 6.45) is -1.18. The van der Waals surface area contributed by atoms with Crippen molar-refractivity contribution in [3.8, 4) is 11.5 Å². The summed E-state index contributed by atoms with van der Waals surface area (Å²) in [5, 5.41) is 9.70. The Hall–Kier alpha value is -1.40. The van der Waals surface area contributed by atoms with E-state index in [1.807, 2.05) is 0 Å². The monoisotopic (exact) mass is 261 g/mol. The van der Waals surface area contributed by atoms with Crippen molar-refractivity contribution in [3.05, 3.63) is 23.3 Å². The van der Waals surface area contributed by atoms with E-state index < -0.39 is 12.0 Å². The van der Waals surface area contributed by atoms with Gasteiger partial charge in [-0.15, -0.1) is 0 Å². The molecule has 1 aromatic rings. The van der Waals surface area contributed by atoms with Gasteiger partial charge in [-0.1, -0.05) is 0 Å². The first-order chi connectivity index (χ1) is 8.35. The third-order valence-electron chi connectivity index (χ3n) is 2.61. The molecule has 102 valence electrons. The van der Waals surface area contributed by atoms with Gasteiger partial charge in [-0.25, -0.2) is 8.78 Å². The Bertz CT molecular complexity index is 419. The maximum Gasteiger partial charge on any atom is 0.271 e. The first-order valence-electron chi connectivity index (χ1n) is 5.37. The number of rotatable bonds is 5. The van der Waals surface area contributed by atoms with E-state index in [2.05, 4.69) is 0 Å². The van der Waals surface area contributed by atoms with Crippen LogP contribution in [0.15, 0.2) is 12.1 Å². The molecule has 6 heteroatoms. The lowest BCUT2D eigenvalue weighted by molar-refractivity contribution is 0.0136. The fourth-order valence-corrected chi connectivity index (χ4v) is 1.68. The molecular weight excluding hydrogens is 244 g/mol. The Morgan fingerprint density at radius 3 is 2.17 bits per heavy atom. The average molecular weight is 261 g/mol. The quantitative estimate of drug-likeness (QED) is 0.848. The molecule has 0 aliphatic carbocycles. The van der Waals surface area contributed by atoms with Gasteiger partial charge in [0.15, 0.2) is 11.5 Å². The summed E-state index contributed by atoms with van der Waals surface area (Å²) in [5.41, 5.74) is 5.03. The fraction of sp³-hybridized carbons (Fsp3) is 0.500. The largest absolute Gasteiger partial charge is 0.493 e. The van der Waals surface area contributed by atoms with Crippen LogP contribution in [0.5, 0.6) is 11.5 Å². The molecule has 0 spiro atoms. The zero-order chi connectivity index (χ0) is 13.9. The van der Waals surface area contributed by atoms with Gasteiger partial charge in [-0.2, -0.15) is 0 Å². The van der Waals surface area contributed by atoms with E-state index in [1.165, 1.54) is 20.3 Å². The second-order valence-electron chi connectivity index (χ2n) is 3.93. The van der Waals surface area contributed by atoms with Crippen molar-refractivity contribution in [2.45, 2.75) is 19.0 Å². The third-order valence-corrected chi connectivity index (χ3v) is 2.61. The topological polar surface area (TPSA) is 64.7 Å². The number of halogens is 2. The lowest BCUT2D eigenvalue weighted by Crippen LogP contribution is -2.18. The summed E-state index contributed by atoms with van der Waals surface area (Å²) in [6.45, 7) is 0.597. The molecule has 0 amide bonds. The SMILES string of the molecule is COc1cc(C(O)CN)c(C(C)(F)F)cc1OC. The molecule has 0 bridgehead atoms. The van der Waals surface area contributed by atoms with Gasteiger partial charge >= 0.3 is 0 Å². The normalized spacial score (nSPS) is 13.3. The smallest absolute Gasteiger partial charge is 0.271 e. The minimum Gasteiger partial charge on any atom is -0.493 e. The van der Waals surface area contributed by atoms with Crippen LogP contribution in [0.25, 0.3) is 0 Å². The standard InChI is InChI=1S/C12H17F2NO3/c1-12(13,14)8-5-11(18-3)10(17-2)4-7(8)9(16)6-15/h4-5,9,16H,6,15H2,1-3H3. The minimum absolute atomic E-state index is 0.0441. The van der Waals surface area contributed by atoms with Gasteiger partial charge in [0.1, 0.15) is 0 Å². The molecule has 0 saturated heterocycles. The van der Waals surface area contributed by atoms with Crippen molar-refractivity contribution in [1.29, 1.82) is 0 Å². The summed E-state index contributed by atoms with van der Waals surface area (Å²) in [5.74, 6) is -2.65. The molecule has 18 heavy (non-hydrogen) atoms. The van der Waals surface area contributed by atoms with Gasteiger partial charge in [-0.05, 0) is 17.7 Å². The van der Waals surface area contributed by atoms with Crippen LogP contribution in [0.4, 0.5) is 8.78 Å². The number of nitrogens with two attached hydrogens (primary N) is 1. The molecule has 0 fully saturated rings. The van der Waals surface area contributed by atoms with Gasteiger partial charge in [-0.3, -0.25) is 0 Å². The second kappa shape index (κ2) is 5.49. The van der Waals surface area contributed by atoms with Crippen LogP contribution in [0.2, 0.25) is 0 Å². The first-order valence-corrected chi connectivity index (χ1v) is 5.37. The van der Waals surface area contributed by atoms with E-state index in [0.717, 1.165) is 13.0 Å². The molecule has 0 radical (unpaired) electrons. The van der Waals surface area contributed by atoms with Crippen molar-refractivity contribution in [2.75, 3.05) is 20.8 Å². The Morgan fingerprint density at radius 1 is 1.28 bits per heavy atom. The molecule has 0 aromatic heterocycles. The molecule has 1 atom stereocenters. The highest BCUT2D eigenvalue weighted by Crippen LogP contribution is 2.40. The summed E-state index contributed by atoms with van der Waals surface area (Å²) in [6, 6.07) is 2.48. The maximum atomic E-state index is 13.5. The van der Waals surface area contributed by atoms with Gasteiger partial charge in [0, 0.05) is 19.0 Å². The van der Waals surface area contributed by atoms with E-state index in [-0.39, 0.29) is 29.2 Å². The van der Waals surface area contributed by atoms with Crippen molar-refractivity contribution in [2.24, 2.45) is 5.73 Å². The Balaban J connectivity index is 3.46. The number of benzene rings is 1. The van der Waals surface area contributed by atoms with Crippen LogP contribution in [0, 0.1) is 0 Å². The molecule has 0 saturated carbocycles. The van der Waals surface area contributed by atoms with E-state index in [1.54, 1.807) is 0 Å². The molecule has 0 aliphatic heterocycles. The fourth-order valence-electron chi connectivity index (χ4n) is 1.68. The Kier molecular flexibility index (Phi) is 4.48. The molecule has 0 aliphatic rings. The van der Waals surface area contributed by atoms with Crippen LogP contribution in [0.1, 0.15) is 24.2 Å². The van der Waals surface area contributed by atoms with Crippen molar-refractivity contribution in [3.63, 3.8) is 0 Å². The van der Waals surface area contributed by atoms with Crippen LogP contribution in [-0.4, -0.2) is 25.9 Å². The second-order valence-corrected chi connectivity index (χ2v) is 3.93. The zero-order valence-electron chi connectivity index (χ0n) is 10.5. The van der Waals surface area contributed by atoms with E-state index in [0.29, 0.717) is 0 Å². The Morgan fingerprint density at radius 2 is 1.78 bits per heavy atom. The number of aliphatic hydroxyl groups is 1. The van der Waals surface area contributed by atoms with Crippen LogP contribution in [-0.2, 0) is 5.92 Å². The zero-order valence-corrected chi connectivity index (χ0v) is 10.5. The van der Waals surface area contributed by atoms with E-state index in [4.69, 9.17) is 15.2 Å². The molecule has 1 rings (SSSR count). The number of hydrogen-bond acceptors (Lipinski definition) is 4. The number of alkyl halides is 2. The predicted octanol–water partition coefficient (Wildman–Crippen LogP) is 1.81. The number of methoxy groups -OCH3 is 2. The van der Waals surface area contributed by atoms with Crippen molar-refractivity contribution < 1.29 is 23.4 Å². The van der Waals surface area contributed by atoms with Crippen LogP contribution >= 0.6 is 0 Å². The summed E-state index contributed by atoms with van der Waals surface area (Å²) in [7, 11) is 2.74. The predicted molar refractivity (Wildman–Crippen MR) is 63.1 cm³/mol. The van der Waals surface area contributed by atoms with Crippen LogP contribution in [0.3, 0.4) is 0 Å². The highest BCUT2D eigenvalue weighted by atomic mass is 19.3. The summed E-state index contributed by atoms with van der Waals surface area (Å²) < 4.78 is 37.0. The highest BCUT2D eigenvalue weighted by Gasteiger charge is 2.31. The third kappa shape index (κ3) is 2.88. The van der Waals surface area contributed by atoms with Crippen LogP contribution < -0.4 is 15.2 Å². The summed E-state index contributed by atoms with van der Waals surface area (Å²) in [4.78, 5) is 0. The lowest BCUT2D eigenvalue weighted by Gasteiger charge is -2.21. The molecule has 1 aromatic carbocycles. The van der Waals surface area contributed by atoms with Gasteiger partial charge in [0.05, 0.1) is 20.3 Å². The summed E-state index contributed by atoms with van der Waals surface area (Å²) >= 11 is 0.